The van der Waals surface area contributed by atoms with Crippen LogP contribution >= 0.6 is 0 Å². The van der Waals surface area contributed by atoms with Gasteiger partial charge in [-0.15, -0.1) is 0 Å². The highest BCUT2D eigenvalue weighted by Gasteiger charge is 2.17. The van der Waals surface area contributed by atoms with Gasteiger partial charge in [0.1, 0.15) is 6.61 Å². The van der Waals surface area contributed by atoms with E-state index in [1.165, 1.54) is 37.8 Å². The molecule has 0 atom stereocenters. The van der Waals surface area contributed by atoms with E-state index in [1.54, 1.807) is 6.07 Å². The molecule has 1 aliphatic rings. The maximum absolute atomic E-state index is 13.7. The highest BCUT2D eigenvalue weighted by atomic mass is 19.1. The summed E-state index contributed by atoms with van der Waals surface area (Å²) >= 11 is 0. The van der Waals surface area contributed by atoms with Gasteiger partial charge in [0.25, 0.3) is 0 Å². The first kappa shape index (κ1) is 14.1. The Morgan fingerprint density at radius 2 is 2.10 bits per heavy atom. The average Bonchev–Trinajstić information content (AvgIpc) is 3.16. The van der Waals surface area contributed by atoms with Crippen molar-refractivity contribution in [3.63, 3.8) is 0 Å². The number of halogens is 1. The van der Waals surface area contributed by atoms with Crippen molar-refractivity contribution in [1.82, 2.24) is 9.78 Å². The summed E-state index contributed by atoms with van der Waals surface area (Å²) in [5, 5.41) is 13.4. The topological polar surface area (TPSA) is 47.3 Å². The Labute approximate surface area is 123 Å². The summed E-state index contributed by atoms with van der Waals surface area (Å²) < 4.78 is 21.2. The van der Waals surface area contributed by atoms with E-state index in [0.29, 0.717) is 11.6 Å². The zero-order valence-corrected chi connectivity index (χ0v) is 11.8. The second-order valence-electron chi connectivity index (χ2n) is 5.44. The fourth-order valence-corrected chi connectivity index (χ4v) is 2.74. The fourth-order valence-electron chi connectivity index (χ4n) is 2.74. The van der Waals surface area contributed by atoms with Crippen LogP contribution in [0.5, 0.6) is 5.75 Å². The fraction of sp³-hybridized carbons (Fsp3) is 0.438. The van der Waals surface area contributed by atoms with Gasteiger partial charge in [-0.1, -0.05) is 18.9 Å². The molecule has 0 spiro atoms. The maximum atomic E-state index is 13.7. The molecule has 1 fully saturated rings. The van der Waals surface area contributed by atoms with E-state index in [9.17, 15) is 4.39 Å². The monoisotopic (exact) mass is 290 g/mol. The Hall–Kier alpha value is -1.88. The summed E-state index contributed by atoms with van der Waals surface area (Å²) in [6.45, 7) is 0.0676. The summed E-state index contributed by atoms with van der Waals surface area (Å²) in [5.41, 5.74) is 1.33. The molecule has 0 radical (unpaired) electrons. The van der Waals surface area contributed by atoms with Gasteiger partial charge in [-0.3, -0.25) is 4.68 Å². The van der Waals surface area contributed by atoms with Crippen LogP contribution in [0.3, 0.4) is 0 Å². The summed E-state index contributed by atoms with van der Waals surface area (Å²) in [7, 11) is 0. The number of hydrogen-bond donors (Lipinski definition) is 1. The molecular formula is C16H19FN2O2. The number of aromatic nitrogens is 2. The van der Waals surface area contributed by atoms with Crippen LogP contribution in [0.15, 0.2) is 30.5 Å². The second kappa shape index (κ2) is 6.26. The van der Waals surface area contributed by atoms with Gasteiger partial charge in [0.15, 0.2) is 11.6 Å². The molecule has 1 saturated carbocycles. The molecule has 0 bridgehead atoms. The molecule has 1 aromatic heterocycles. The van der Waals surface area contributed by atoms with Crippen LogP contribution in [0.4, 0.5) is 4.39 Å². The van der Waals surface area contributed by atoms with Gasteiger partial charge in [0.05, 0.1) is 18.3 Å². The first-order valence-electron chi connectivity index (χ1n) is 7.32. The van der Waals surface area contributed by atoms with Gasteiger partial charge in [0.2, 0.25) is 0 Å². The van der Waals surface area contributed by atoms with Crippen LogP contribution in [-0.4, -0.2) is 14.9 Å². The van der Waals surface area contributed by atoms with Crippen molar-refractivity contribution >= 4 is 0 Å². The molecule has 4 nitrogen and oxygen atoms in total. The Bertz CT molecular complexity index is 606. The standard InChI is InChI=1S/C16H19FN2O2/c17-15-9-12(10-20)5-6-16(15)21-11-13-7-8-19(18-13)14-3-1-2-4-14/h5-9,14,20H,1-4,10-11H2. The van der Waals surface area contributed by atoms with Gasteiger partial charge in [0, 0.05) is 6.20 Å². The molecule has 112 valence electrons. The lowest BCUT2D eigenvalue weighted by molar-refractivity contribution is 0.274. The van der Waals surface area contributed by atoms with Gasteiger partial charge in [-0.2, -0.15) is 5.10 Å². The van der Waals surface area contributed by atoms with Gasteiger partial charge >= 0.3 is 0 Å². The number of aliphatic hydroxyl groups is 1. The highest BCUT2D eigenvalue weighted by Crippen LogP contribution is 2.28. The number of rotatable bonds is 5. The minimum atomic E-state index is -0.461. The molecule has 1 aromatic carbocycles. The molecule has 2 aromatic rings. The quantitative estimate of drug-likeness (QED) is 0.919. The predicted molar refractivity (Wildman–Crippen MR) is 76.4 cm³/mol. The van der Waals surface area contributed by atoms with E-state index >= 15 is 0 Å². The zero-order valence-electron chi connectivity index (χ0n) is 11.8. The van der Waals surface area contributed by atoms with Crippen LogP contribution in [-0.2, 0) is 13.2 Å². The van der Waals surface area contributed by atoms with E-state index in [-0.39, 0.29) is 19.0 Å². The Morgan fingerprint density at radius 1 is 1.29 bits per heavy atom. The first-order valence-corrected chi connectivity index (χ1v) is 7.32. The van der Waals surface area contributed by atoms with Crippen LogP contribution in [0, 0.1) is 5.82 Å². The summed E-state index contributed by atoms with van der Waals surface area (Å²) in [5.74, 6) is -0.278. The van der Waals surface area contributed by atoms with E-state index < -0.39 is 5.82 Å². The molecule has 1 N–H and O–H groups in total. The number of ether oxygens (including phenoxy) is 1. The molecule has 1 heterocycles. The molecule has 21 heavy (non-hydrogen) atoms. The number of nitrogens with zero attached hydrogens (tertiary/aromatic N) is 2. The minimum Gasteiger partial charge on any atom is -0.484 e. The smallest absolute Gasteiger partial charge is 0.165 e. The van der Waals surface area contributed by atoms with E-state index in [4.69, 9.17) is 9.84 Å². The lowest BCUT2D eigenvalue weighted by Gasteiger charge is -2.09. The third kappa shape index (κ3) is 3.24. The van der Waals surface area contributed by atoms with Crippen LogP contribution in [0.1, 0.15) is 43.0 Å². The van der Waals surface area contributed by atoms with Gasteiger partial charge in [-0.05, 0) is 36.6 Å². The predicted octanol–water partition coefficient (Wildman–Crippen LogP) is 3.21. The van der Waals surface area contributed by atoms with Crippen molar-refractivity contribution in [1.29, 1.82) is 0 Å². The lowest BCUT2D eigenvalue weighted by atomic mass is 10.2. The second-order valence-corrected chi connectivity index (χ2v) is 5.44. The van der Waals surface area contributed by atoms with E-state index in [2.05, 4.69) is 5.10 Å². The van der Waals surface area contributed by atoms with Crippen molar-refractivity contribution in [3.05, 3.63) is 47.5 Å². The zero-order chi connectivity index (χ0) is 14.7. The average molecular weight is 290 g/mol. The molecule has 0 amide bonds. The van der Waals surface area contributed by atoms with Crippen molar-refractivity contribution in [2.75, 3.05) is 0 Å². The molecule has 3 rings (SSSR count). The Kier molecular flexibility index (Phi) is 4.20. The molecule has 0 aliphatic heterocycles. The minimum absolute atomic E-state index is 0.178. The van der Waals surface area contributed by atoms with Crippen LogP contribution < -0.4 is 4.74 Å². The largest absolute Gasteiger partial charge is 0.484 e. The molecular weight excluding hydrogens is 271 g/mol. The maximum Gasteiger partial charge on any atom is 0.165 e. The van der Waals surface area contributed by atoms with Crippen molar-refractivity contribution in [2.24, 2.45) is 0 Å². The van der Waals surface area contributed by atoms with Gasteiger partial charge in [-0.25, -0.2) is 4.39 Å². The van der Waals surface area contributed by atoms with Crippen molar-refractivity contribution < 1.29 is 14.2 Å². The number of aliphatic hydroxyl groups excluding tert-OH is 1. The summed E-state index contributed by atoms with van der Waals surface area (Å²) in [6.07, 6.45) is 6.86. The SMILES string of the molecule is OCc1ccc(OCc2ccn(C3CCCC3)n2)c(F)c1. The third-order valence-corrected chi connectivity index (χ3v) is 3.92. The van der Waals surface area contributed by atoms with Crippen molar-refractivity contribution in [2.45, 2.75) is 44.9 Å². The number of hydrogen-bond acceptors (Lipinski definition) is 3. The lowest BCUT2D eigenvalue weighted by Crippen LogP contribution is -2.06. The molecule has 0 unspecified atom stereocenters. The Morgan fingerprint density at radius 3 is 2.81 bits per heavy atom. The Balaban J connectivity index is 1.62. The molecule has 1 aliphatic carbocycles. The van der Waals surface area contributed by atoms with E-state index in [1.807, 2.05) is 16.9 Å². The van der Waals surface area contributed by atoms with Crippen LogP contribution in [0.2, 0.25) is 0 Å². The molecule has 5 heteroatoms. The molecule has 0 saturated heterocycles. The normalized spacial score (nSPS) is 15.5. The summed E-state index contributed by atoms with van der Waals surface area (Å²) in [4.78, 5) is 0. The third-order valence-electron chi connectivity index (χ3n) is 3.92. The summed E-state index contributed by atoms with van der Waals surface area (Å²) in [6, 6.07) is 6.88. The van der Waals surface area contributed by atoms with Gasteiger partial charge < -0.3 is 9.84 Å². The number of benzene rings is 1. The highest BCUT2D eigenvalue weighted by molar-refractivity contribution is 5.29. The van der Waals surface area contributed by atoms with E-state index in [0.717, 1.165) is 5.69 Å². The first-order chi connectivity index (χ1) is 10.3. The van der Waals surface area contributed by atoms with Crippen molar-refractivity contribution in [3.8, 4) is 5.75 Å². The van der Waals surface area contributed by atoms with Crippen LogP contribution in [0.25, 0.3) is 0 Å².